The van der Waals surface area contributed by atoms with Crippen molar-refractivity contribution < 1.29 is 18.8 Å². The van der Waals surface area contributed by atoms with E-state index in [4.69, 9.17) is 14.0 Å². The maximum absolute atomic E-state index is 12.8. The SMILES string of the molecule is Cc1cc(NC(=O)C(NCc2ccc3c(c2)OCO3)c2ccccc2)no1. The highest BCUT2D eigenvalue weighted by molar-refractivity contribution is 5.94. The molecule has 1 aromatic heterocycles. The van der Waals surface area contributed by atoms with Crippen molar-refractivity contribution in [3.05, 3.63) is 71.5 Å². The van der Waals surface area contributed by atoms with Crippen LogP contribution in [0.4, 0.5) is 5.82 Å². The zero-order valence-electron chi connectivity index (χ0n) is 14.8. The summed E-state index contributed by atoms with van der Waals surface area (Å²) in [6.45, 7) is 2.50. The number of nitrogens with one attached hydrogen (secondary N) is 2. The molecule has 2 heterocycles. The van der Waals surface area contributed by atoms with E-state index in [1.54, 1.807) is 13.0 Å². The van der Waals surface area contributed by atoms with Crippen LogP contribution in [-0.4, -0.2) is 17.9 Å². The van der Waals surface area contributed by atoms with Gasteiger partial charge in [-0.25, -0.2) is 0 Å². The normalized spacial score (nSPS) is 13.4. The van der Waals surface area contributed by atoms with Gasteiger partial charge in [-0.15, -0.1) is 0 Å². The van der Waals surface area contributed by atoms with Gasteiger partial charge in [-0.3, -0.25) is 10.1 Å². The minimum absolute atomic E-state index is 0.213. The van der Waals surface area contributed by atoms with Crippen molar-refractivity contribution in [2.45, 2.75) is 19.5 Å². The number of benzene rings is 2. The quantitative estimate of drug-likeness (QED) is 0.698. The fraction of sp³-hybridized carbons (Fsp3) is 0.200. The number of amides is 1. The number of hydrogen-bond acceptors (Lipinski definition) is 6. The molecule has 1 aliphatic heterocycles. The maximum Gasteiger partial charge on any atom is 0.247 e. The van der Waals surface area contributed by atoms with Crippen LogP contribution in [0, 0.1) is 6.92 Å². The molecule has 0 saturated heterocycles. The highest BCUT2D eigenvalue weighted by Crippen LogP contribution is 2.32. The molecule has 1 amide bonds. The van der Waals surface area contributed by atoms with Crippen molar-refractivity contribution in [1.82, 2.24) is 10.5 Å². The van der Waals surface area contributed by atoms with Crippen molar-refractivity contribution in [1.29, 1.82) is 0 Å². The number of carbonyl (C=O) groups is 1. The number of nitrogens with zero attached hydrogens (tertiary/aromatic N) is 1. The number of rotatable bonds is 6. The summed E-state index contributed by atoms with van der Waals surface area (Å²) in [6, 6.07) is 16.4. The van der Waals surface area contributed by atoms with E-state index < -0.39 is 6.04 Å². The van der Waals surface area contributed by atoms with Gasteiger partial charge in [0.1, 0.15) is 11.8 Å². The lowest BCUT2D eigenvalue weighted by molar-refractivity contribution is -0.118. The van der Waals surface area contributed by atoms with Gasteiger partial charge >= 0.3 is 0 Å². The monoisotopic (exact) mass is 365 g/mol. The summed E-state index contributed by atoms with van der Waals surface area (Å²) < 4.78 is 15.8. The van der Waals surface area contributed by atoms with Crippen molar-refractivity contribution in [2.75, 3.05) is 12.1 Å². The zero-order valence-corrected chi connectivity index (χ0v) is 14.8. The Morgan fingerprint density at radius 3 is 2.70 bits per heavy atom. The molecule has 0 fully saturated rings. The van der Waals surface area contributed by atoms with E-state index in [1.165, 1.54) is 0 Å². The molecule has 4 rings (SSSR count). The first kappa shape index (κ1) is 17.1. The van der Waals surface area contributed by atoms with Crippen LogP contribution >= 0.6 is 0 Å². The van der Waals surface area contributed by atoms with Crippen LogP contribution in [0.5, 0.6) is 11.5 Å². The van der Waals surface area contributed by atoms with E-state index in [0.717, 1.165) is 16.9 Å². The van der Waals surface area contributed by atoms with Gasteiger partial charge in [-0.05, 0) is 30.2 Å². The molecular weight excluding hydrogens is 346 g/mol. The Morgan fingerprint density at radius 2 is 1.93 bits per heavy atom. The summed E-state index contributed by atoms with van der Waals surface area (Å²) in [5.41, 5.74) is 1.85. The first-order chi connectivity index (χ1) is 13.2. The second kappa shape index (κ2) is 7.51. The van der Waals surface area contributed by atoms with E-state index in [9.17, 15) is 4.79 Å². The number of anilines is 1. The molecule has 1 aliphatic rings. The number of ether oxygens (including phenoxy) is 2. The number of carbonyl (C=O) groups excluding carboxylic acids is 1. The molecule has 0 saturated carbocycles. The molecule has 0 aliphatic carbocycles. The molecular formula is C20H19N3O4. The molecule has 0 spiro atoms. The molecule has 2 N–H and O–H groups in total. The van der Waals surface area contributed by atoms with Gasteiger partial charge in [0.05, 0.1) is 0 Å². The molecule has 2 aromatic carbocycles. The molecule has 1 unspecified atom stereocenters. The van der Waals surface area contributed by atoms with Gasteiger partial charge in [-0.2, -0.15) is 0 Å². The lowest BCUT2D eigenvalue weighted by Crippen LogP contribution is -2.32. The van der Waals surface area contributed by atoms with Crippen molar-refractivity contribution >= 4 is 11.7 Å². The Morgan fingerprint density at radius 1 is 1.11 bits per heavy atom. The summed E-state index contributed by atoms with van der Waals surface area (Å²) in [5.74, 6) is 2.26. The Labute approximate surface area is 156 Å². The number of hydrogen-bond donors (Lipinski definition) is 2. The average molecular weight is 365 g/mol. The van der Waals surface area contributed by atoms with Crippen LogP contribution in [0.15, 0.2) is 59.1 Å². The van der Waals surface area contributed by atoms with Crippen molar-refractivity contribution in [3.8, 4) is 11.5 Å². The second-order valence-electron chi connectivity index (χ2n) is 6.22. The lowest BCUT2D eigenvalue weighted by Gasteiger charge is -2.18. The lowest BCUT2D eigenvalue weighted by atomic mass is 10.1. The van der Waals surface area contributed by atoms with Gasteiger partial charge in [0.2, 0.25) is 12.7 Å². The fourth-order valence-corrected chi connectivity index (χ4v) is 2.90. The number of aromatic nitrogens is 1. The summed E-state index contributed by atoms with van der Waals surface area (Å²) in [7, 11) is 0. The molecule has 1 atom stereocenters. The highest BCUT2D eigenvalue weighted by atomic mass is 16.7. The summed E-state index contributed by atoms with van der Waals surface area (Å²) in [4.78, 5) is 12.8. The standard InChI is InChI=1S/C20H19N3O4/c1-13-9-18(23-27-13)22-20(24)19(15-5-3-2-4-6-15)21-11-14-7-8-16-17(10-14)26-12-25-16/h2-10,19,21H,11-12H2,1H3,(H,22,23,24). The number of fused-ring (bicyclic) bond motifs is 1. The van der Waals surface area contributed by atoms with Gasteiger partial charge in [0.25, 0.3) is 0 Å². The van der Waals surface area contributed by atoms with Gasteiger partial charge in [-0.1, -0.05) is 41.6 Å². The first-order valence-electron chi connectivity index (χ1n) is 8.60. The van der Waals surface area contributed by atoms with Crippen LogP contribution < -0.4 is 20.1 Å². The van der Waals surface area contributed by atoms with Crippen LogP contribution in [-0.2, 0) is 11.3 Å². The Bertz CT molecular complexity index is 939. The summed E-state index contributed by atoms with van der Waals surface area (Å²) >= 11 is 0. The second-order valence-corrected chi connectivity index (χ2v) is 6.22. The predicted octanol–water partition coefficient (Wildman–Crippen LogP) is 3.18. The maximum atomic E-state index is 12.8. The summed E-state index contributed by atoms with van der Waals surface area (Å²) in [6.07, 6.45) is 0. The van der Waals surface area contributed by atoms with Gasteiger partial charge < -0.3 is 19.3 Å². The molecule has 7 heteroatoms. The van der Waals surface area contributed by atoms with Crippen molar-refractivity contribution in [2.24, 2.45) is 0 Å². The van der Waals surface area contributed by atoms with Crippen LogP contribution in [0.25, 0.3) is 0 Å². The minimum Gasteiger partial charge on any atom is -0.454 e. The first-order valence-corrected chi connectivity index (χ1v) is 8.60. The smallest absolute Gasteiger partial charge is 0.247 e. The minimum atomic E-state index is -0.548. The Hall–Kier alpha value is -3.32. The Balaban J connectivity index is 1.50. The van der Waals surface area contributed by atoms with E-state index in [0.29, 0.717) is 23.9 Å². The van der Waals surface area contributed by atoms with Crippen LogP contribution in [0.2, 0.25) is 0 Å². The molecule has 0 radical (unpaired) electrons. The van der Waals surface area contributed by atoms with Crippen LogP contribution in [0.1, 0.15) is 22.9 Å². The van der Waals surface area contributed by atoms with E-state index in [2.05, 4.69) is 15.8 Å². The van der Waals surface area contributed by atoms with E-state index >= 15 is 0 Å². The van der Waals surface area contributed by atoms with Gasteiger partial charge in [0, 0.05) is 12.6 Å². The molecule has 0 bridgehead atoms. The van der Waals surface area contributed by atoms with Gasteiger partial charge in [0.15, 0.2) is 17.3 Å². The van der Waals surface area contributed by atoms with Crippen molar-refractivity contribution in [3.63, 3.8) is 0 Å². The third-order valence-electron chi connectivity index (χ3n) is 4.22. The predicted molar refractivity (Wildman–Crippen MR) is 98.5 cm³/mol. The van der Waals surface area contributed by atoms with E-state index in [1.807, 2.05) is 48.5 Å². The topological polar surface area (TPSA) is 85.6 Å². The third kappa shape index (κ3) is 3.93. The zero-order chi connectivity index (χ0) is 18.6. The molecule has 27 heavy (non-hydrogen) atoms. The average Bonchev–Trinajstić information content (AvgIpc) is 3.31. The molecule has 7 nitrogen and oxygen atoms in total. The third-order valence-corrected chi connectivity index (χ3v) is 4.22. The molecule has 138 valence electrons. The van der Waals surface area contributed by atoms with E-state index in [-0.39, 0.29) is 12.7 Å². The largest absolute Gasteiger partial charge is 0.454 e. The molecule has 3 aromatic rings. The number of aryl methyl sites for hydroxylation is 1. The van der Waals surface area contributed by atoms with Crippen LogP contribution in [0.3, 0.4) is 0 Å². The Kier molecular flexibility index (Phi) is 4.76. The summed E-state index contributed by atoms with van der Waals surface area (Å²) in [5, 5.41) is 9.92. The highest BCUT2D eigenvalue weighted by Gasteiger charge is 2.22. The fourth-order valence-electron chi connectivity index (χ4n) is 2.90.